The maximum atomic E-state index is 12.4. The Morgan fingerprint density at radius 2 is 1.65 bits per heavy atom. The number of benzene rings is 2. The third-order valence-corrected chi connectivity index (χ3v) is 5.18. The number of para-hydroxylation sites is 1. The van der Waals surface area contributed by atoms with Gasteiger partial charge < -0.3 is 10.1 Å². The number of hydrogen-bond acceptors (Lipinski definition) is 2. The van der Waals surface area contributed by atoms with Crippen LogP contribution in [0.1, 0.15) is 25.7 Å². The summed E-state index contributed by atoms with van der Waals surface area (Å²) in [5, 5.41) is 3.07. The molecule has 0 aromatic heterocycles. The minimum absolute atomic E-state index is 0.189. The average Bonchev–Trinajstić information content (AvgIpc) is 3.21. The van der Waals surface area contributed by atoms with Gasteiger partial charge in [-0.1, -0.05) is 24.6 Å². The van der Waals surface area contributed by atoms with Crippen molar-refractivity contribution in [3.63, 3.8) is 0 Å². The molecule has 2 bridgehead atoms. The van der Waals surface area contributed by atoms with Gasteiger partial charge in [0.2, 0.25) is 5.91 Å². The molecule has 0 spiro atoms. The SMILES string of the molecule is O=C(Nc1ccc(Oc2ccccc2)cc1)[C@H]1C[C@H]2CC[C@H]1C2. The topological polar surface area (TPSA) is 38.3 Å². The zero-order valence-corrected chi connectivity index (χ0v) is 13.1. The first-order valence-corrected chi connectivity index (χ1v) is 8.42. The quantitative estimate of drug-likeness (QED) is 0.876. The molecule has 2 aromatic rings. The average molecular weight is 307 g/mol. The number of anilines is 1. The Labute approximate surface area is 136 Å². The van der Waals surface area contributed by atoms with Crippen LogP contribution < -0.4 is 10.1 Å². The highest BCUT2D eigenvalue weighted by Crippen LogP contribution is 2.48. The molecule has 0 heterocycles. The van der Waals surface area contributed by atoms with Gasteiger partial charge in [0, 0.05) is 11.6 Å². The van der Waals surface area contributed by atoms with E-state index < -0.39 is 0 Å². The van der Waals surface area contributed by atoms with Gasteiger partial charge in [-0.15, -0.1) is 0 Å². The predicted octanol–water partition coefficient (Wildman–Crippen LogP) is 4.85. The van der Waals surface area contributed by atoms with Crippen LogP contribution in [0.15, 0.2) is 54.6 Å². The summed E-state index contributed by atoms with van der Waals surface area (Å²) in [5.74, 6) is 3.39. The molecular formula is C20H21NO2. The van der Waals surface area contributed by atoms with Crippen LogP contribution in [-0.4, -0.2) is 5.91 Å². The Morgan fingerprint density at radius 1 is 0.913 bits per heavy atom. The number of carbonyl (C=O) groups excluding carboxylic acids is 1. The Kier molecular flexibility index (Phi) is 3.78. The molecule has 3 heteroatoms. The van der Waals surface area contributed by atoms with E-state index in [0.29, 0.717) is 5.92 Å². The van der Waals surface area contributed by atoms with Crippen molar-refractivity contribution in [1.29, 1.82) is 0 Å². The first-order valence-electron chi connectivity index (χ1n) is 8.42. The summed E-state index contributed by atoms with van der Waals surface area (Å²) in [7, 11) is 0. The lowest BCUT2D eigenvalue weighted by Crippen LogP contribution is -2.27. The minimum Gasteiger partial charge on any atom is -0.457 e. The Bertz CT molecular complexity index is 681. The van der Waals surface area contributed by atoms with Gasteiger partial charge in [-0.25, -0.2) is 0 Å². The molecule has 4 rings (SSSR count). The molecule has 2 saturated carbocycles. The largest absolute Gasteiger partial charge is 0.457 e. The molecule has 2 aromatic carbocycles. The zero-order valence-electron chi connectivity index (χ0n) is 13.1. The third kappa shape index (κ3) is 3.09. The van der Waals surface area contributed by atoms with Crippen LogP contribution in [0, 0.1) is 17.8 Å². The van der Waals surface area contributed by atoms with E-state index in [4.69, 9.17) is 4.74 Å². The number of nitrogens with one attached hydrogen (secondary N) is 1. The highest BCUT2D eigenvalue weighted by atomic mass is 16.5. The van der Waals surface area contributed by atoms with Crippen LogP contribution in [0.3, 0.4) is 0 Å². The maximum absolute atomic E-state index is 12.4. The molecule has 2 aliphatic rings. The summed E-state index contributed by atoms with van der Waals surface area (Å²) in [4.78, 5) is 12.4. The highest BCUT2D eigenvalue weighted by molar-refractivity contribution is 5.93. The Morgan fingerprint density at radius 3 is 2.30 bits per heavy atom. The molecule has 1 N–H and O–H groups in total. The molecule has 3 nitrogen and oxygen atoms in total. The molecule has 0 saturated heterocycles. The highest BCUT2D eigenvalue weighted by Gasteiger charge is 2.42. The van der Waals surface area contributed by atoms with Crippen LogP contribution in [0.25, 0.3) is 0 Å². The predicted molar refractivity (Wildman–Crippen MR) is 90.5 cm³/mol. The molecule has 3 atom stereocenters. The molecule has 118 valence electrons. The fraction of sp³-hybridized carbons (Fsp3) is 0.350. The van der Waals surface area contributed by atoms with Crippen LogP contribution in [0.4, 0.5) is 5.69 Å². The maximum Gasteiger partial charge on any atom is 0.227 e. The number of carbonyl (C=O) groups is 1. The van der Waals surface area contributed by atoms with Crippen molar-refractivity contribution in [2.75, 3.05) is 5.32 Å². The van der Waals surface area contributed by atoms with Gasteiger partial charge in [-0.2, -0.15) is 0 Å². The van der Waals surface area contributed by atoms with E-state index in [-0.39, 0.29) is 11.8 Å². The van der Waals surface area contributed by atoms with Crippen molar-refractivity contribution < 1.29 is 9.53 Å². The number of ether oxygens (including phenoxy) is 1. The van der Waals surface area contributed by atoms with Crippen LogP contribution in [0.2, 0.25) is 0 Å². The second-order valence-corrected chi connectivity index (χ2v) is 6.71. The van der Waals surface area contributed by atoms with Gasteiger partial charge >= 0.3 is 0 Å². The summed E-state index contributed by atoms with van der Waals surface area (Å²) >= 11 is 0. The Hall–Kier alpha value is -2.29. The van der Waals surface area contributed by atoms with E-state index >= 15 is 0 Å². The number of amides is 1. The van der Waals surface area contributed by atoms with E-state index in [1.807, 2.05) is 54.6 Å². The molecule has 1 amide bonds. The molecule has 0 aliphatic heterocycles. The van der Waals surface area contributed by atoms with Gasteiger partial charge in [0.1, 0.15) is 11.5 Å². The molecule has 0 radical (unpaired) electrons. The molecule has 2 fully saturated rings. The standard InChI is InChI=1S/C20H21NO2/c22-20(19-13-14-6-7-15(19)12-14)21-16-8-10-18(11-9-16)23-17-4-2-1-3-5-17/h1-5,8-11,14-15,19H,6-7,12-13H2,(H,21,22)/t14-,15-,19-/m0/s1. The zero-order chi connectivity index (χ0) is 15.6. The lowest BCUT2D eigenvalue weighted by Gasteiger charge is -2.20. The van der Waals surface area contributed by atoms with Crippen LogP contribution in [-0.2, 0) is 4.79 Å². The fourth-order valence-corrected chi connectivity index (χ4v) is 4.03. The van der Waals surface area contributed by atoms with E-state index in [9.17, 15) is 4.79 Å². The number of fused-ring (bicyclic) bond motifs is 2. The van der Waals surface area contributed by atoms with Crippen molar-refractivity contribution in [3.05, 3.63) is 54.6 Å². The normalized spacial score (nSPS) is 25.3. The van der Waals surface area contributed by atoms with Crippen molar-refractivity contribution in [2.45, 2.75) is 25.7 Å². The fourth-order valence-electron chi connectivity index (χ4n) is 4.03. The van der Waals surface area contributed by atoms with Gasteiger partial charge in [0.05, 0.1) is 0 Å². The summed E-state index contributed by atoms with van der Waals surface area (Å²) in [6.07, 6.45) is 4.88. The van der Waals surface area contributed by atoms with Crippen LogP contribution >= 0.6 is 0 Å². The third-order valence-electron chi connectivity index (χ3n) is 5.18. The van der Waals surface area contributed by atoms with Crippen LogP contribution in [0.5, 0.6) is 11.5 Å². The lowest BCUT2D eigenvalue weighted by molar-refractivity contribution is -0.121. The summed E-state index contributed by atoms with van der Waals surface area (Å²) in [6.45, 7) is 0. The minimum atomic E-state index is 0.189. The van der Waals surface area contributed by atoms with Gasteiger partial charge in [-0.3, -0.25) is 4.79 Å². The van der Waals surface area contributed by atoms with Crippen molar-refractivity contribution >= 4 is 11.6 Å². The van der Waals surface area contributed by atoms with E-state index in [0.717, 1.165) is 29.5 Å². The summed E-state index contributed by atoms with van der Waals surface area (Å²) < 4.78 is 5.77. The van der Waals surface area contributed by atoms with E-state index in [1.54, 1.807) is 0 Å². The van der Waals surface area contributed by atoms with E-state index in [1.165, 1.54) is 19.3 Å². The van der Waals surface area contributed by atoms with Crippen molar-refractivity contribution in [3.8, 4) is 11.5 Å². The first-order chi connectivity index (χ1) is 11.3. The smallest absolute Gasteiger partial charge is 0.227 e. The monoisotopic (exact) mass is 307 g/mol. The summed E-state index contributed by atoms with van der Waals surface area (Å²) in [6, 6.07) is 17.3. The van der Waals surface area contributed by atoms with E-state index in [2.05, 4.69) is 5.32 Å². The number of hydrogen-bond donors (Lipinski definition) is 1. The van der Waals surface area contributed by atoms with Crippen molar-refractivity contribution in [1.82, 2.24) is 0 Å². The molecule has 23 heavy (non-hydrogen) atoms. The molecule has 0 unspecified atom stereocenters. The molecular weight excluding hydrogens is 286 g/mol. The molecule has 2 aliphatic carbocycles. The second kappa shape index (κ2) is 6.07. The Balaban J connectivity index is 1.37. The van der Waals surface area contributed by atoms with Gasteiger partial charge in [-0.05, 0) is 67.5 Å². The van der Waals surface area contributed by atoms with Gasteiger partial charge in [0.25, 0.3) is 0 Å². The van der Waals surface area contributed by atoms with Gasteiger partial charge in [0.15, 0.2) is 0 Å². The second-order valence-electron chi connectivity index (χ2n) is 6.71. The first kappa shape index (κ1) is 14.3. The lowest BCUT2D eigenvalue weighted by atomic mass is 9.88. The van der Waals surface area contributed by atoms with Crippen molar-refractivity contribution in [2.24, 2.45) is 17.8 Å². The number of rotatable bonds is 4. The summed E-state index contributed by atoms with van der Waals surface area (Å²) in [5.41, 5.74) is 0.846.